The Kier molecular flexibility index (Phi) is 1.06. The Bertz CT molecular complexity index is 340. The number of hydrogen-bond acceptors (Lipinski definition) is 3. The van der Waals surface area contributed by atoms with Crippen LogP contribution in [0.15, 0.2) is 6.08 Å². The summed E-state index contributed by atoms with van der Waals surface area (Å²) in [7, 11) is 0. The lowest BCUT2D eigenvalue weighted by atomic mass is 10.5. The molecule has 0 aliphatic carbocycles. The fourth-order valence-corrected chi connectivity index (χ4v) is 0.960. The summed E-state index contributed by atoms with van der Waals surface area (Å²) in [5.74, 6) is -0.605. The maximum atomic E-state index is 10.3. The third-order valence-electron chi connectivity index (χ3n) is 1.44. The van der Waals surface area contributed by atoms with Gasteiger partial charge in [-0.15, -0.1) is 5.10 Å². The first-order chi connectivity index (χ1) is 5.27. The third-order valence-corrected chi connectivity index (χ3v) is 1.44. The van der Waals surface area contributed by atoms with E-state index in [2.05, 4.69) is 10.1 Å². The van der Waals surface area contributed by atoms with E-state index in [0.717, 1.165) is 0 Å². The lowest BCUT2D eigenvalue weighted by Crippen LogP contribution is -2.01. The van der Waals surface area contributed by atoms with Crippen LogP contribution in [-0.4, -0.2) is 25.8 Å². The molecular formula is C6H5N3O2. The van der Waals surface area contributed by atoms with E-state index in [0.29, 0.717) is 12.4 Å². The first-order valence-corrected chi connectivity index (χ1v) is 3.12. The number of carboxylic acid groups (broad SMARTS) is 1. The molecule has 0 atom stereocenters. The smallest absolute Gasteiger partial charge is 0.375 e. The number of hydrogen-bond donors (Lipinski definition) is 1. The normalized spacial score (nSPS) is 13.5. The Hall–Kier alpha value is -1.65. The van der Waals surface area contributed by atoms with Crippen molar-refractivity contribution >= 4 is 12.0 Å². The molecule has 2 rings (SSSR count). The van der Waals surface area contributed by atoms with Gasteiger partial charge in [0.15, 0.2) is 5.82 Å². The van der Waals surface area contributed by atoms with E-state index >= 15 is 0 Å². The lowest BCUT2D eigenvalue weighted by Gasteiger charge is -1.87. The summed E-state index contributed by atoms with van der Waals surface area (Å²) in [6.45, 7) is 0.621. The van der Waals surface area contributed by atoms with Crippen molar-refractivity contribution in [2.45, 2.75) is 6.54 Å². The van der Waals surface area contributed by atoms with Crippen LogP contribution in [0.1, 0.15) is 16.4 Å². The molecule has 0 aromatic carbocycles. The molecule has 0 radical (unpaired) electrons. The first-order valence-electron chi connectivity index (χ1n) is 3.12. The molecule has 0 bridgehead atoms. The number of rotatable bonds is 1. The van der Waals surface area contributed by atoms with E-state index in [1.165, 1.54) is 0 Å². The molecule has 56 valence electrons. The van der Waals surface area contributed by atoms with Crippen molar-refractivity contribution in [3.05, 3.63) is 17.7 Å². The molecule has 1 aliphatic rings. The van der Waals surface area contributed by atoms with E-state index < -0.39 is 5.97 Å². The van der Waals surface area contributed by atoms with Gasteiger partial charge >= 0.3 is 5.97 Å². The highest BCUT2D eigenvalue weighted by molar-refractivity contribution is 5.83. The van der Waals surface area contributed by atoms with E-state index in [1.807, 2.05) is 6.08 Å². The standard InChI is InChI=1S/C6H5N3O2/c10-6(11)5-7-4-2-1-3-9(4)8-5/h1-2H,3H2,(H,10,11). The summed E-state index contributed by atoms with van der Waals surface area (Å²) in [4.78, 5) is 14.1. The second-order valence-electron chi connectivity index (χ2n) is 2.18. The van der Waals surface area contributed by atoms with Gasteiger partial charge in [0.1, 0.15) is 0 Å². The van der Waals surface area contributed by atoms with Crippen LogP contribution in [0.3, 0.4) is 0 Å². The Morgan fingerprint density at radius 2 is 2.55 bits per heavy atom. The maximum Gasteiger partial charge on any atom is 0.375 e. The molecule has 1 aliphatic heterocycles. The Labute approximate surface area is 62.0 Å². The number of fused-ring (bicyclic) bond motifs is 1. The van der Waals surface area contributed by atoms with Gasteiger partial charge in [0.25, 0.3) is 5.82 Å². The van der Waals surface area contributed by atoms with E-state index in [-0.39, 0.29) is 5.82 Å². The number of nitrogens with zero attached hydrogens (tertiary/aromatic N) is 3. The van der Waals surface area contributed by atoms with Gasteiger partial charge in [-0.1, -0.05) is 6.08 Å². The Balaban J connectivity index is 2.49. The number of allylic oxidation sites excluding steroid dienone is 1. The van der Waals surface area contributed by atoms with Crippen LogP contribution in [0, 0.1) is 0 Å². The van der Waals surface area contributed by atoms with Gasteiger partial charge < -0.3 is 5.11 Å². The SMILES string of the molecule is O=C(O)c1nc2n(n1)CC=C2. The average molecular weight is 151 g/mol. The van der Waals surface area contributed by atoms with Crippen LogP contribution in [0.2, 0.25) is 0 Å². The molecular weight excluding hydrogens is 146 g/mol. The van der Waals surface area contributed by atoms with Gasteiger partial charge in [-0.3, -0.25) is 0 Å². The minimum Gasteiger partial charge on any atom is -0.475 e. The third kappa shape index (κ3) is 0.813. The summed E-state index contributed by atoms with van der Waals surface area (Å²) >= 11 is 0. The molecule has 0 spiro atoms. The molecule has 1 aromatic heterocycles. The Morgan fingerprint density at radius 1 is 1.73 bits per heavy atom. The minimum atomic E-state index is -1.08. The molecule has 0 saturated heterocycles. The number of carbonyl (C=O) groups is 1. The Morgan fingerprint density at radius 3 is 3.18 bits per heavy atom. The largest absolute Gasteiger partial charge is 0.475 e. The molecule has 5 heteroatoms. The quantitative estimate of drug-likeness (QED) is 0.613. The highest BCUT2D eigenvalue weighted by Crippen LogP contribution is 2.07. The van der Waals surface area contributed by atoms with Gasteiger partial charge in [-0.05, 0) is 6.08 Å². The van der Waals surface area contributed by atoms with Crippen LogP contribution in [0.25, 0.3) is 6.08 Å². The number of aromatic nitrogens is 3. The van der Waals surface area contributed by atoms with E-state index in [1.54, 1.807) is 10.8 Å². The summed E-state index contributed by atoms with van der Waals surface area (Å²) in [6.07, 6.45) is 3.63. The second kappa shape index (κ2) is 1.91. The maximum absolute atomic E-state index is 10.3. The van der Waals surface area contributed by atoms with Gasteiger partial charge in [0.05, 0.1) is 6.54 Å². The van der Waals surface area contributed by atoms with Crippen molar-refractivity contribution in [3.63, 3.8) is 0 Å². The summed E-state index contributed by atoms with van der Waals surface area (Å²) < 4.78 is 1.55. The molecule has 2 heterocycles. The van der Waals surface area contributed by atoms with Crippen LogP contribution >= 0.6 is 0 Å². The zero-order valence-electron chi connectivity index (χ0n) is 5.56. The highest BCUT2D eigenvalue weighted by Gasteiger charge is 2.14. The van der Waals surface area contributed by atoms with Crippen molar-refractivity contribution in [1.82, 2.24) is 14.8 Å². The molecule has 1 aromatic rings. The molecule has 0 amide bonds. The predicted octanol–water partition coefficient (Wildman–Crippen LogP) is 0.00310. The van der Waals surface area contributed by atoms with Gasteiger partial charge in [-0.25, -0.2) is 14.5 Å². The fourth-order valence-electron chi connectivity index (χ4n) is 0.960. The zero-order valence-corrected chi connectivity index (χ0v) is 5.56. The van der Waals surface area contributed by atoms with Crippen molar-refractivity contribution in [1.29, 1.82) is 0 Å². The topological polar surface area (TPSA) is 68.0 Å². The van der Waals surface area contributed by atoms with Gasteiger partial charge in [0.2, 0.25) is 0 Å². The molecule has 5 nitrogen and oxygen atoms in total. The minimum absolute atomic E-state index is 0.135. The van der Waals surface area contributed by atoms with Crippen LogP contribution in [0.5, 0.6) is 0 Å². The van der Waals surface area contributed by atoms with Crippen molar-refractivity contribution in [2.75, 3.05) is 0 Å². The highest BCUT2D eigenvalue weighted by atomic mass is 16.4. The monoisotopic (exact) mass is 151 g/mol. The molecule has 11 heavy (non-hydrogen) atoms. The van der Waals surface area contributed by atoms with Crippen LogP contribution in [0.4, 0.5) is 0 Å². The molecule has 1 N–H and O–H groups in total. The van der Waals surface area contributed by atoms with Gasteiger partial charge in [0, 0.05) is 0 Å². The number of carboxylic acids is 1. The fraction of sp³-hybridized carbons (Fsp3) is 0.167. The molecule has 0 fully saturated rings. The summed E-state index contributed by atoms with van der Waals surface area (Å²) in [5, 5.41) is 12.2. The van der Waals surface area contributed by atoms with Crippen LogP contribution in [-0.2, 0) is 6.54 Å². The second-order valence-corrected chi connectivity index (χ2v) is 2.18. The molecule has 0 unspecified atom stereocenters. The summed E-state index contributed by atoms with van der Waals surface area (Å²) in [6, 6.07) is 0. The zero-order chi connectivity index (χ0) is 7.84. The van der Waals surface area contributed by atoms with E-state index in [9.17, 15) is 4.79 Å². The number of aromatic carboxylic acids is 1. The summed E-state index contributed by atoms with van der Waals surface area (Å²) in [5.41, 5.74) is 0. The molecule has 0 saturated carbocycles. The van der Waals surface area contributed by atoms with Crippen molar-refractivity contribution in [2.24, 2.45) is 0 Å². The lowest BCUT2D eigenvalue weighted by molar-refractivity contribution is 0.0683. The average Bonchev–Trinajstić information content (AvgIpc) is 2.40. The van der Waals surface area contributed by atoms with Gasteiger partial charge in [-0.2, -0.15) is 0 Å². The van der Waals surface area contributed by atoms with Crippen molar-refractivity contribution in [3.8, 4) is 0 Å². The van der Waals surface area contributed by atoms with Crippen LogP contribution < -0.4 is 0 Å². The first kappa shape index (κ1) is 6.09. The van der Waals surface area contributed by atoms with E-state index in [4.69, 9.17) is 5.11 Å². The predicted molar refractivity (Wildman–Crippen MR) is 36.0 cm³/mol. The van der Waals surface area contributed by atoms with Crippen molar-refractivity contribution < 1.29 is 9.90 Å².